The van der Waals surface area contributed by atoms with Crippen LogP contribution in [0.4, 0.5) is 5.69 Å². The molecular weight excluding hydrogens is 312 g/mol. The van der Waals surface area contributed by atoms with Crippen LogP contribution in [0.2, 0.25) is 0 Å². The van der Waals surface area contributed by atoms with Gasteiger partial charge in [0, 0.05) is 19.6 Å². The van der Waals surface area contributed by atoms with E-state index in [1.165, 1.54) is 16.7 Å². The highest BCUT2D eigenvalue weighted by Crippen LogP contribution is 2.31. The molecule has 1 amide bonds. The summed E-state index contributed by atoms with van der Waals surface area (Å²) in [7, 11) is 0. The second kappa shape index (κ2) is 6.73. The number of rotatable bonds is 3. The van der Waals surface area contributed by atoms with Crippen molar-refractivity contribution in [3.63, 3.8) is 0 Å². The topological polar surface area (TPSA) is 41.6 Å². The quantitative estimate of drug-likeness (QED) is 0.931. The third kappa shape index (κ3) is 3.44. The van der Waals surface area contributed by atoms with Gasteiger partial charge in [0.15, 0.2) is 6.10 Å². The number of hydrogen-bond donors (Lipinski definition) is 1. The zero-order chi connectivity index (χ0) is 17.2. The molecule has 2 aromatic rings. The maximum absolute atomic E-state index is 11.8. The molecule has 4 nitrogen and oxygen atoms in total. The Hall–Kier alpha value is -2.59. The molecule has 0 radical (unpaired) electrons. The van der Waals surface area contributed by atoms with E-state index in [1.54, 1.807) is 6.92 Å². The Balaban J connectivity index is 1.43. The highest BCUT2D eigenvalue weighted by atomic mass is 16.5. The summed E-state index contributed by atoms with van der Waals surface area (Å²) in [4.78, 5) is 14.2. The molecule has 2 aromatic carbocycles. The molecule has 0 aromatic heterocycles. The first-order valence-electron chi connectivity index (χ1n) is 8.76. The molecule has 0 fully saturated rings. The molecule has 0 aliphatic carbocycles. The zero-order valence-electron chi connectivity index (χ0n) is 14.4. The Bertz CT molecular complexity index is 814. The summed E-state index contributed by atoms with van der Waals surface area (Å²) in [6.45, 7) is 4.62. The average Bonchev–Trinajstić information content (AvgIpc) is 2.64. The lowest BCUT2D eigenvalue weighted by Crippen LogP contribution is -2.34. The van der Waals surface area contributed by atoms with Crippen molar-refractivity contribution < 1.29 is 9.53 Å². The molecular formula is C21H22N2O2. The molecule has 1 unspecified atom stereocenters. The fourth-order valence-electron chi connectivity index (χ4n) is 3.38. The second-order valence-corrected chi connectivity index (χ2v) is 6.66. The monoisotopic (exact) mass is 334 g/mol. The number of nitrogens with one attached hydrogen (secondary N) is 1. The minimum atomic E-state index is -0.429. The van der Waals surface area contributed by atoms with E-state index in [2.05, 4.69) is 52.7 Å². The van der Waals surface area contributed by atoms with E-state index in [0.29, 0.717) is 0 Å². The average molecular weight is 334 g/mol. The smallest absolute Gasteiger partial charge is 0.265 e. The van der Waals surface area contributed by atoms with Crippen molar-refractivity contribution in [1.82, 2.24) is 4.90 Å². The van der Waals surface area contributed by atoms with Gasteiger partial charge in [-0.1, -0.05) is 42.5 Å². The molecule has 0 saturated heterocycles. The summed E-state index contributed by atoms with van der Waals surface area (Å²) in [5.74, 6) is 0.666. The van der Waals surface area contributed by atoms with E-state index in [-0.39, 0.29) is 5.91 Å². The Morgan fingerprint density at radius 3 is 2.80 bits per heavy atom. The van der Waals surface area contributed by atoms with Crippen molar-refractivity contribution >= 4 is 17.2 Å². The van der Waals surface area contributed by atoms with Gasteiger partial charge in [0.1, 0.15) is 5.75 Å². The van der Waals surface area contributed by atoms with Crippen molar-refractivity contribution in [2.24, 2.45) is 0 Å². The first-order valence-corrected chi connectivity index (χ1v) is 8.76. The lowest BCUT2D eigenvalue weighted by atomic mass is 9.99. The van der Waals surface area contributed by atoms with E-state index >= 15 is 0 Å². The molecule has 128 valence electrons. The number of nitrogens with zero attached hydrogens (tertiary/aromatic N) is 1. The maximum Gasteiger partial charge on any atom is 0.265 e. The van der Waals surface area contributed by atoms with Crippen molar-refractivity contribution in [2.45, 2.75) is 26.0 Å². The lowest BCUT2D eigenvalue weighted by Gasteiger charge is -2.28. The molecule has 2 aliphatic rings. The highest BCUT2D eigenvalue weighted by Gasteiger charge is 2.23. The summed E-state index contributed by atoms with van der Waals surface area (Å²) in [5, 5.41) is 2.92. The number of fused-ring (bicyclic) bond motifs is 1. The van der Waals surface area contributed by atoms with Crippen LogP contribution in [-0.4, -0.2) is 30.0 Å². The van der Waals surface area contributed by atoms with Crippen LogP contribution in [-0.2, 0) is 11.3 Å². The van der Waals surface area contributed by atoms with Gasteiger partial charge in [-0.05, 0) is 42.2 Å². The molecule has 1 atom stereocenters. The van der Waals surface area contributed by atoms with Crippen LogP contribution in [0.3, 0.4) is 0 Å². The molecule has 0 spiro atoms. The predicted octanol–water partition coefficient (Wildman–Crippen LogP) is 3.70. The van der Waals surface area contributed by atoms with Crippen LogP contribution < -0.4 is 10.1 Å². The number of hydrogen-bond acceptors (Lipinski definition) is 3. The van der Waals surface area contributed by atoms with Gasteiger partial charge < -0.3 is 10.1 Å². The van der Waals surface area contributed by atoms with E-state index in [1.807, 2.05) is 12.1 Å². The van der Waals surface area contributed by atoms with Crippen LogP contribution in [0, 0.1) is 0 Å². The minimum absolute atomic E-state index is 0.0851. The van der Waals surface area contributed by atoms with Crippen molar-refractivity contribution in [3.05, 3.63) is 65.7 Å². The maximum atomic E-state index is 11.8. The van der Waals surface area contributed by atoms with Crippen molar-refractivity contribution in [2.75, 3.05) is 18.4 Å². The fourth-order valence-corrected chi connectivity index (χ4v) is 3.38. The van der Waals surface area contributed by atoms with Gasteiger partial charge in [0.2, 0.25) is 0 Å². The molecule has 2 heterocycles. The summed E-state index contributed by atoms with van der Waals surface area (Å²) < 4.78 is 5.62. The number of anilines is 1. The van der Waals surface area contributed by atoms with Gasteiger partial charge in [-0.3, -0.25) is 9.69 Å². The Morgan fingerprint density at radius 2 is 2.04 bits per heavy atom. The molecule has 0 saturated carbocycles. The Kier molecular flexibility index (Phi) is 4.28. The number of amides is 1. The largest absolute Gasteiger partial charge is 0.479 e. The minimum Gasteiger partial charge on any atom is -0.479 e. The van der Waals surface area contributed by atoms with E-state index < -0.39 is 6.10 Å². The zero-order valence-corrected chi connectivity index (χ0v) is 14.4. The van der Waals surface area contributed by atoms with Crippen molar-refractivity contribution in [3.8, 4) is 5.75 Å². The van der Waals surface area contributed by atoms with E-state index in [9.17, 15) is 4.79 Å². The van der Waals surface area contributed by atoms with Crippen LogP contribution in [0.25, 0.3) is 5.57 Å². The van der Waals surface area contributed by atoms with Crippen LogP contribution in [0.5, 0.6) is 5.75 Å². The fraction of sp³-hybridized carbons (Fsp3) is 0.286. The highest BCUT2D eigenvalue weighted by molar-refractivity contribution is 5.97. The summed E-state index contributed by atoms with van der Waals surface area (Å²) in [5.41, 5.74) is 4.72. The van der Waals surface area contributed by atoms with E-state index in [4.69, 9.17) is 4.74 Å². The van der Waals surface area contributed by atoms with Gasteiger partial charge in [0.05, 0.1) is 5.69 Å². The molecule has 0 bridgehead atoms. The van der Waals surface area contributed by atoms with Crippen LogP contribution in [0.1, 0.15) is 24.5 Å². The van der Waals surface area contributed by atoms with Crippen molar-refractivity contribution in [1.29, 1.82) is 0 Å². The Morgan fingerprint density at radius 1 is 1.20 bits per heavy atom. The number of carbonyl (C=O) groups is 1. The van der Waals surface area contributed by atoms with Gasteiger partial charge in [0.25, 0.3) is 5.91 Å². The lowest BCUT2D eigenvalue weighted by molar-refractivity contribution is -0.122. The molecule has 1 N–H and O–H groups in total. The molecule has 2 aliphatic heterocycles. The Labute approximate surface area is 148 Å². The second-order valence-electron chi connectivity index (χ2n) is 6.66. The first kappa shape index (κ1) is 15.9. The number of ether oxygens (including phenoxy) is 1. The molecule has 4 heteroatoms. The number of benzene rings is 2. The molecule has 25 heavy (non-hydrogen) atoms. The SMILES string of the molecule is CC1Oc2ccc(CN3CC=C(c4ccccc4)CC3)cc2NC1=O. The first-order chi connectivity index (χ1) is 12.2. The van der Waals surface area contributed by atoms with E-state index in [0.717, 1.165) is 37.5 Å². The van der Waals surface area contributed by atoms with Gasteiger partial charge in [-0.25, -0.2) is 0 Å². The van der Waals surface area contributed by atoms with Gasteiger partial charge in [-0.2, -0.15) is 0 Å². The normalized spacial score (nSPS) is 20.3. The summed E-state index contributed by atoms with van der Waals surface area (Å²) >= 11 is 0. The summed E-state index contributed by atoms with van der Waals surface area (Å²) in [6.07, 6.45) is 2.96. The molecule has 4 rings (SSSR count). The third-order valence-electron chi connectivity index (χ3n) is 4.82. The standard InChI is InChI=1S/C21H22N2O2/c1-15-21(24)22-19-13-16(7-8-20(19)25-15)14-23-11-9-18(10-12-23)17-5-3-2-4-6-17/h2-9,13,15H,10-12,14H2,1H3,(H,22,24). The predicted molar refractivity (Wildman–Crippen MR) is 99.5 cm³/mol. The summed E-state index contributed by atoms with van der Waals surface area (Å²) in [6, 6.07) is 16.6. The van der Waals surface area contributed by atoms with Crippen LogP contribution >= 0.6 is 0 Å². The number of carbonyl (C=O) groups excluding carboxylic acids is 1. The van der Waals surface area contributed by atoms with Gasteiger partial charge >= 0.3 is 0 Å². The van der Waals surface area contributed by atoms with Crippen LogP contribution in [0.15, 0.2) is 54.6 Å². The third-order valence-corrected chi connectivity index (χ3v) is 4.82. The van der Waals surface area contributed by atoms with Gasteiger partial charge in [-0.15, -0.1) is 0 Å².